The summed E-state index contributed by atoms with van der Waals surface area (Å²) in [5.41, 5.74) is 1.58. The van der Waals surface area contributed by atoms with Gasteiger partial charge in [0.25, 0.3) is 0 Å². The third kappa shape index (κ3) is 5.01. The van der Waals surface area contributed by atoms with Gasteiger partial charge in [0.1, 0.15) is 12.0 Å². The normalized spacial score (nSPS) is 10.7. The molecule has 0 saturated carbocycles. The number of carbonyl (C=O) groups excluding carboxylic acids is 1. The quantitative estimate of drug-likeness (QED) is 0.387. The van der Waals surface area contributed by atoms with Crippen LogP contribution in [0, 0.1) is 0 Å². The molecule has 0 fully saturated rings. The summed E-state index contributed by atoms with van der Waals surface area (Å²) < 4.78 is 17.6. The predicted molar refractivity (Wildman–Crippen MR) is 104 cm³/mol. The van der Waals surface area contributed by atoms with Gasteiger partial charge in [0.15, 0.2) is 11.5 Å². The summed E-state index contributed by atoms with van der Waals surface area (Å²) in [6.07, 6.45) is 3.96. The van der Waals surface area contributed by atoms with E-state index in [1.165, 1.54) is 0 Å². The first kappa shape index (κ1) is 19.8. The van der Waals surface area contributed by atoms with E-state index in [-0.39, 0.29) is 0 Å². The molecule has 2 aromatic rings. The van der Waals surface area contributed by atoms with Crippen molar-refractivity contribution >= 4 is 6.29 Å². The molecule has 2 rings (SSSR count). The molecule has 0 atom stereocenters. The third-order valence-electron chi connectivity index (χ3n) is 4.15. The standard InChI is InChI=1S/C22H28O4/c1-5-6-9-12-25-22-20(24-4)13-17(15-23)14-21(22)26-19-11-8-7-10-18(19)16(2)3/h7-8,10-11,13-16H,5-6,9,12H2,1-4H3. The number of unbranched alkanes of at least 4 members (excludes halogenated alkanes) is 2. The highest BCUT2D eigenvalue weighted by Gasteiger charge is 2.17. The maximum Gasteiger partial charge on any atom is 0.204 e. The van der Waals surface area contributed by atoms with Crippen LogP contribution in [0.2, 0.25) is 0 Å². The maximum absolute atomic E-state index is 11.3. The molecule has 0 saturated heterocycles. The van der Waals surface area contributed by atoms with Crippen molar-refractivity contribution in [2.24, 2.45) is 0 Å². The summed E-state index contributed by atoms with van der Waals surface area (Å²) in [6.45, 7) is 6.96. The molecule has 2 aromatic carbocycles. The van der Waals surface area contributed by atoms with Crippen LogP contribution >= 0.6 is 0 Å². The van der Waals surface area contributed by atoms with Gasteiger partial charge in [-0.2, -0.15) is 0 Å². The Morgan fingerprint density at radius 3 is 2.42 bits per heavy atom. The van der Waals surface area contributed by atoms with Crippen molar-refractivity contribution in [1.82, 2.24) is 0 Å². The highest BCUT2D eigenvalue weighted by atomic mass is 16.5. The number of ether oxygens (including phenoxy) is 3. The maximum atomic E-state index is 11.3. The molecule has 0 aromatic heterocycles. The largest absolute Gasteiger partial charge is 0.493 e. The van der Waals surface area contributed by atoms with Crippen LogP contribution in [0.5, 0.6) is 23.0 Å². The van der Waals surface area contributed by atoms with Crippen molar-refractivity contribution in [3.8, 4) is 23.0 Å². The van der Waals surface area contributed by atoms with Crippen molar-refractivity contribution in [1.29, 1.82) is 0 Å². The van der Waals surface area contributed by atoms with Gasteiger partial charge in [0.2, 0.25) is 5.75 Å². The number of benzene rings is 2. The van der Waals surface area contributed by atoms with Crippen LogP contribution in [-0.2, 0) is 0 Å². The van der Waals surface area contributed by atoms with Crippen molar-refractivity contribution in [2.45, 2.75) is 46.0 Å². The highest BCUT2D eigenvalue weighted by Crippen LogP contribution is 2.42. The molecular weight excluding hydrogens is 328 g/mol. The van der Waals surface area contributed by atoms with Gasteiger partial charge >= 0.3 is 0 Å². The van der Waals surface area contributed by atoms with Gasteiger partial charge in [0, 0.05) is 5.56 Å². The molecule has 0 bridgehead atoms. The van der Waals surface area contributed by atoms with Crippen LogP contribution in [-0.4, -0.2) is 20.0 Å². The minimum absolute atomic E-state index is 0.316. The lowest BCUT2D eigenvalue weighted by atomic mass is 10.0. The van der Waals surface area contributed by atoms with E-state index in [1.807, 2.05) is 24.3 Å². The zero-order valence-corrected chi connectivity index (χ0v) is 16.1. The molecule has 0 radical (unpaired) electrons. The average molecular weight is 356 g/mol. The minimum atomic E-state index is 0.316. The van der Waals surface area contributed by atoms with Crippen LogP contribution in [0.3, 0.4) is 0 Å². The molecule has 4 heteroatoms. The number of carbonyl (C=O) groups is 1. The fourth-order valence-corrected chi connectivity index (χ4v) is 2.73. The number of hydrogen-bond acceptors (Lipinski definition) is 4. The lowest BCUT2D eigenvalue weighted by molar-refractivity contribution is 0.112. The second-order valence-corrected chi connectivity index (χ2v) is 6.52. The molecule has 4 nitrogen and oxygen atoms in total. The third-order valence-corrected chi connectivity index (χ3v) is 4.15. The summed E-state index contributed by atoms with van der Waals surface area (Å²) in [5.74, 6) is 2.61. The van der Waals surface area contributed by atoms with E-state index < -0.39 is 0 Å². The lowest BCUT2D eigenvalue weighted by Gasteiger charge is -2.18. The zero-order valence-electron chi connectivity index (χ0n) is 16.1. The summed E-state index contributed by atoms with van der Waals surface area (Å²) >= 11 is 0. The minimum Gasteiger partial charge on any atom is -0.493 e. The average Bonchev–Trinajstić information content (AvgIpc) is 2.65. The van der Waals surface area contributed by atoms with Crippen LogP contribution in [0.15, 0.2) is 36.4 Å². The van der Waals surface area contributed by atoms with E-state index in [2.05, 4.69) is 20.8 Å². The van der Waals surface area contributed by atoms with Crippen molar-refractivity contribution in [2.75, 3.05) is 13.7 Å². The van der Waals surface area contributed by atoms with Gasteiger partial charge in [-0.05, 0) is 36.1 Å². The lowest BCUT2D eigenvalue weighted by Crippen LogP contribution is -2.03. The summed E-state index contributed by atoms with van der Waals surface area (Å²) in [7, 11) is 1.56. The van der Waals surface area contributed by atoms with E-state index in [0.29, 0.717) is 35.3 Å². The molecule has 0 aliphatic rings. The number of hydrogen-bond donors (Lipinski definition) is 0. The van der Waals surface area contributed by atoms with Gasteiger partial charge in [0.05, 0.1) is 13.7 Å². The summed E-state index contributed by atoms with van der Waals surface area (Å²) in [4.78, 5) is 11.3. The Morgan fingerprint density at radius 2 is 1.77 bits per heavy atom. The first-order chi connectivity index (χ1) is 12.6. The van der Waals surface area contributed by atoms with Gasteiger partial charge in [-0.25, -0.2) is 0 Å². The predicted octanol–water partition coefficient (Wildman–Crippen LogP) is 5.99. The van der Waals surface area contributed by atoms with E-state index in [0.717, 1.165) is 36.9 Å². The van der Waals surface area contributed by atoms with Gasteiger partial charge in [-0.1, -0.05) is 51.8 Å². The highest BCUT2D eigenvalue weighted by molar-refractivity contribution is 5.78. The Bertz CT molecular complexity index is 722. The Morgan fingerprint density at radius 1 is 1.04 bits per heavy atom. The zero-order chi connectivity index (χ0) is 18.9. The molecule has 0 aliphatic heterocycles. The van der Waals surface area contributed by atoms with E-state index >= 15 is 0 Å². The number of rotatable bonds is 10. The molecule has 0 heterocycles. The smallest absolute Gasteiger partial charge is 0.204 e. The Kier molecular flexibility index (Phi) is 7.52. The van der Waals surface area contributed by atoms with Gasteiger partial charge in [-0.3, -0.25) is 4.79 Å². The molecule has 0 unspecified atom stereocenters. The van der Waals surface area contributed by atoms with Gasteiger partial charge in [-0.15, -0.1) is 0 Å². The fourth-order valence-electron chi connectivity index (χ4n) is 2.73. The fraction of sp³-hybridized carbons (Fsp3) is 0.409. The van der Waals surface area contributed by atoms with Crippen molar-refractivity contribution in [3.63, 3.8) is 0 Å². The molecular formula is C22H28O4. The second kappa shape index (κ2) is 9.85. The molecule has 140 valence electrons. The number of aldehydes is 1. The van der Waals surface area contributed by atoms with E-state index in [1.54, 1.807) is 19.2 Å². The number of methoxy groups -OCH3 is 1. The summed E-state index contributed by atoms with van der Waals surface area (Å²) in [5, 5.41) is 0. The van der Waals surface area contributed by atoms with Crippen LogP contribution in [0.25, 0.3) is 0 Å². The van der Waals surface area contributed by atoms with E-state index in [4.69, 9.17) is 14.2 Å². The first-order valence-corrected chi connectivity index (χ1v) is 9.17. The Labute approximate surface area is 156 Å². The van der Waals surface area contributed by atoms with Crippen LogP contribution < -0.4 is 14.2 Å². The number of para-hydroxylation sites is 1. The van der Waals surface area contributed by atoms with Gasteiger partial charge < -0.3 is 14.2 Å². The Balaban J connectivity index is 2.40. The molecule has 0 amide bonds. The van der Waals surface area contributed by atoms with Crippen molar-refractivity contribution in [3.05, 3.63) is 47.5 Å². The van der Waals surface area contributed by atoms with Crippen molar-refractivity contribution < 1.29 is 19.0 Å². The molecule has 0 N–H and O–H groups in total. The SMILES string of the molecule is CCCCCOc1c(OC)cc(C=O)cc1Oc1ccccc1C(C)C. The summed E-state index contributed by atoms with van der Waals surface area (Å²) in [6, 6.07) is 11.3. The first-order valence-electron chi connectivity index (χ1n) is 9.17. The van der Waals surface area contributed by atoms with E-state index in [9.17, 15) is 4.79 Å². The Hall–Kier alpha value is -2.49. The monoisotopic (exact) mass is 356 g/mol. The molecule has 0 spiro atoms. The van der Waals surface area contributed by atoms with Crippen LogP contribution in [0.4, 0.5) is 0 Å². The molecule has 26 heavy (non-hydrogen) atoms. The second-order valence-electron chi connectivity index (χ2n) is 6.52. The topological polar surface area (TPSA) is 44.8 Å². The van der Waals surface area contributed by atoms with Crippen LogP contribution in [0.1, 0.15) is 61.9 Å². The molecule has 0 aliphatic carbocycles.